The van der Waals surface area contributed by atoms with Crippen molar-refractivity contribution in [2.75, 3.05) is 18.0 Å². The Morgan fingerprint density at radius 2 is 2.00 bits per heavy atom. The van der Waals surface area contributed by atoms with Gasteiger partial charge in [-0.25, -0.2) is 0 Å². The molecule has 114 valence electrons. The molecule has 0 atom stereocenters. The molecule has 0 unspecified atom stereocenters. The molecule has 2 rings (SSSR count). The van der Waals surface area contributed by atoms with Crippen LogP contribution in [-0.2, 0) is 4.79 Å². The van der Waals surface area contributed by atoms with E-state index in [-0.39, 0.29) is 0 Å². The first-order chi connectivity index (χ1) is 9.91. The minimum absolute atomic E-state index is 0.455. The molecule has 3 N–H and O–H groups in total. The van der Waals surface area contributed by atoms with E-state index in [1.807, 2.05) is 24.0 Å². The summed E-state index contributed by atoms with van der Waals surface area (Å²) in [4.78, 5) is 25.2. The van der Waals surface area contributed by atoms with Crippen molar-refractivity contribution in [2.24, 2.45) is 11.1 Å². The maximum Gasteiger partial charge on any atom is 0.309 e. The summed E-state index contributed by atoms with van der Waals surface area (Å²) in [6.45, 7) is 3.13. The van der Waals surface area contributed by atoms with Crippen molar-refractivity contribution in [3.8, 4) is 0 Å². The van der Waals surface area contributed by atoms with E-state index in [0.717, 1.165) is 5.69 Å². The van der Waals surface area contributed by atoms with E-state index < -0.39 is 17.3 Å². The highest BCUT2D eigenvalue weighted by molar-refractivity contribution is 9.10. The van der Waals surface area contributed by atoms with Crippen LogP contribution >= 0.6 is 15.9 Å². The smallest absolute Gasteiger partial charge is 0.309 e. The average molecular weight is 355 g/mol. The maximum absolute atomic E-state index is 11.6. The van der Waals surface area contributed by atoms with E-state index in [0.29, 0.717) is 42.4 Å². The second-order valence-electron chi connectivity index (χ2n) is 5.42. The number of rotatable bonds is 4. The molecule has 21 heavy (non-hydrogen) atoms. The molecule has 0 radical (unpaired) electrons. The molecule has 1 aliphatic heterocycles. The summed E-state index contributed by atoms with van der Waals surface area (Å²) in [6.07, 6.45) is 1.77. The van der Waals surface area contributed by atoms with Crippen LogP contribution in [0.3, 0.4) is 0 Å². The van der Waals surface area contributed by atoms with Crippen molar-refractivity contribution in [1.82, 2.24) is 0 Å². The lowest BCUT2D eigenvalue weighted by atomic mass is 9.76. The first-order valence-corrected chi connectivity index (χ1v) is 7.77. The van der Waals surface area contributed by atoms with Crippen LogP contribution in [0.5, 0.6) is 0 Å². The summed E-state index contributed by atoms with van der Waals surface area (Å²) in [7, 11) is 0. The Morgan fingerprint density at radius 3 is 2.48 bits per heavy atom. The highest BCUT2D eigenvalue weighted by Crippen LogP contribution is 2.38. The van der Waals surface area contributed by atoms with Crippen LogP contribution in [0.25, 0.3) is 0 Å². The molecule has 1 aromatic carbocycles. The predicted molar refractivity (Wildman–Crippen MR) is 84.5 cm³/mol. The molecule has 0 aliphatic carbocycles. The Bertz CT molecular complexity index is 566. The van der Waals surface area contributed by atoms with Gasteiger partial charge in [-0.1, -0.05) is 13.0 Å². The topological polar surface area (TPSA) is 83.6 Å². The van der Waals surface area contributed by atoms with E-state index in [4.69, 9.17) is 5.73 Å². The number of carboxylic acid groups (broad SMARTS) is 1. The van der Waals surface area contributed by atoms with Gasteiger partial charge in [0.1, 0.15) is 0 Å². The number of nitrogens with two attached hydrogens (primary N) is 1. The first kappa shape index (κ1) is 15.8. The van der Waals surface area contributed by atoms with E-state index >= 15 is 0 Å². The fraction of sp³-hybridized carbons (Fsp3) is 0.467. The van der Waals surface area contributed by atoms with Gasteiger partial charge in [0.15, 0.2) is 0 Å². The summed E-state index contributed by atoms with van der Waals surface area (Å²) in [6, 6.07) is 5.48. The molecule has 0 bridgehead atoms. The number of halogens is 1. The van der Waals surface area contributed by atoms with Gasteiger partial charge in [0.25, 0.3) is 5.91 Å². The number of amides is 1. The van der Waals surface area contributed by atoms with Crippen LogP contribution < -0.4 is 10.6 Å². The summed E-state index contributed by atoms with van der Waals surface area (Å²) in [5, 5.41) is 9.43. The maximum atomic E-state index is 11.6. The molecule has 5 nitrogen and oxygen atoms in total. The zero-order valence-corrected chi connectivity index (χ0v) is 13.5. The third-order valence-electron chi connectivity index (χ3n) is 4.43. The molecule has 1 aliphatic rings. The minimum Gasteiger partial charge on any atom is -0.481 e. The summed E-state index contributed by atoms with van der Waals surface area (Å²) in [5.41, 5.74) is 6.04. The van der Waals surface area contributed by atoms with Crippen molar-refractivity contribution in [3.63, 3.8) is 0 Å². The van der Waals surface area contributed by atoms with Crippen molar-refractivity contribution < 1.29 is 14.7 Å². The number of nitrogens with zero attached hydrogens (tertiary/aromatic N) is 1. The number of hydrogen-bond donors (Lipinski definition) is 2. The van der Waals surface area contributed by atoms with Crippen molar-refractivity contribution in [2.45, 2.75) is 26.2 Å². The molecule has 0 saturated carbocycles. The second kappa shape index (κ2) is 6.05. The monoisotopic (exact) mass is 354 g/mol. The largest absolute Gasteiger partial charge is 0.481 e. The average Bonchev–Trinajstić information content (AvgIpc) is 2.46. The number of aliphatic carboxylic acids is 1. The summed E-state index contributed by atoms with van der Waals surface area (Å²) in [5.74, 6) is -1.21. The van der Waals surface area contributed by atoms with Crippen molar-refractivity contribution >= 4 is 33.5 Å². The van der Waals surface area contributed by atoms with Gasteiger partial charge in [-0.15, -0.1) is 0 Å². The number of primary amides is 1. The van der Waals surface area contributed by atoms with E-state index in [9.17, 15) is 14.7 Å². The molecule has 1 saturated heterocycles. The minimum atomic E-state index is -0.728. The van der Waals surface area contributed by atoms with Gasteiger partial charge >= 0.3 is 5.97 Å². The first-order valence-electron chi connectivity index (χ1n) is 6.98. The lowest BCUT2D eigenvalue weighted by molar-refractivity contribution is -0.150. The highest BCUT2D eigenvalue weighted by atomic mass is 79.9. The number of carbonyl (C=O) groups excluding carboxylic acids is 1. The number of benzene rings is 1. The van der Waals surface area contributed by atoms with Crippen LogP contribution in [0.2, 0.25) is 0 Å². The van der Waals surface area contributed by atoms with Crippen LogP contribution in [-0.4, -0.2) is 30.1 Å². The van der Waals surface area contributed by atoms with Crippen LogP contribution in [0.4, 0.5) is 5.69 Å². The zero-order valence-electron chi connectivity index (χ0n) is 11.9. The van der Waals surface area contributed by atoms with Crippen molar-refractivity contribution in [3.05, 3.63) is 28.2 Å². The quantitative estimate of drug-likeness (QED) is 0.870. The van der Waals surface area contributed by atoms with Gasteiger partial charge in [-0.3, -0.25) is 9.59 Å². The summed E-state index contributed by atoms with van der Waals surface area (Å²) < 4.78 is 0.665. The Labute approximate surface area is 132 Å². The SMILES string of the molecule is CCC1(C(=O)O)CCN(c2cccc(Br)c2C(N)=O)CC1. The molecule has 6 heteroatoms. The number of carbonyl (C=O) groups is 2. The molecule has 1 heterocycles. The second-order valence-corrected chi connectivity index (χ2v) is 6.28. The number of carboxylic acids is 1. The Balaban J connectivity index is 2.26. The van der Waals surface area contributed by atoms with Crippen LogP contribution in [0.15, 0.2) is 22.7 Å². The van der Waals surface area contributed by atoms with E-state index in [2.05, 4.69) is 15.9 Å². The molecular weight excluding hydrogens is 336 g/mol. The highest BCUT2D eigenvalue weighted by Gasteiger charge is 2.40. The third kappa shape index (κ3) is 2.90. The molecule has 0 aromatic heterocycles. The van der Waals surface area contributed by atoms with Gasteiger partial charge in [0.05, 0.1) is 16.7 Å². The molecule has 1 amide bonds. The molecule has 0 spiro atoms. The molecule has 1 aromatic rings. The fourth-order valence-electron chi connectivity index (χ4n) is 2.91. The Kier molecular flexibility index (Phi) is 4.56. The third-order valence-corrected chi connectivity index (χ3v) is 5.09. The van der Waals surface area contributed by atoms with Crippen molar-refractivity contribution in [1.29, 1.82) is 0 Å². The van der Waals surface area contributed by atoms with Gasteiger partial charge in [0.2, 0.25) is 0 Å². The van der Waals surface area contributed by atoms with Crippen LogP contribution in [0.1, 0.15) is 36.5 Å². The van der Waals surface area contributed by atoms with Gasteiger partial charge < -0.3 is 15.7 Å². The van der Waals surface area contributed by atoms with Gasteiger partial charge in [-0.2, -0.15) is 0 Å². The van der Waals surface area contributed by atoms with E-state index in [1.54, 1.807) is 6.07 Å². The van der Waals surface area contributed by atoms with Crippen LogP contribution in [0, 0.1) is 5.41 Å². The summed E-state index contributed by atoms with van der Waals surface area (Å²) >= 11 is 3.35. The predicted octanol–water partition coefficient (Wildman–Crippen LogP) is 2.63. The standard InChI is InChI=1S/C15H19BrN2O3/c1-2-15(14(20)21)6-8-18(9-7-15)11-5-3-4-10(16)12(11)13(17)19/h3-5H,2,6-9H2,1H3,(H2,17,19)(H,20,21). The molecule has 1 fully saturated rings. The van der Waals surface area contributed by atoms with Gasteiger partial charge in [0, 0.05) is 17.6 Å². The molecular formula is C15H19BrN2O3. The lowest BCUT2D eigenvalue weighted by Crippen LogP contribution is -2.44. The number of piperidine rings is 1. The van der Waals surface area contributed by atoms with E-state index in [1.165, 1.54) is 0 Å². The number of hydrogen-bond acceptors (Lipinski definition) is 3. The van der Waals surface area contributed by atoms with Gasteiger partial charge in [-0.05, 0) is 47.3 Å². The zero-order chi connectivity index (χ0) is 15.6. The fourth-order valence-corrected chi connectivity index (χ4v) is 3.47. The normalized spacial score (nSPS) is 17.5. The Morgan fingerprint density at radius 1 is 1.38 bits per heavy atom. The lowest BCUT2D eigenvalue weighted by Gasteiger charge is -2.40. The Hall–Kier alpha value is -1.56. The number of anilines is 1.